The highest BCUT2D eigenvalue weighted by Gasteiger charge is 2.15. The molecule has 21 heavy (non-hydrogen) atoms. The lowest BCUT2D eigenvalue weighted by Gasteiger charge is -2.12. The molecule has 0 saturated carbocycles. The number of H-pyrrole nitrogens is 1. The molecule has 1 heterocycles. The molecule has 3 rings (SSSR count). The first-order chi connectivity index (χ1) is 10.2. The van der Waals surface area contributed by atoms with Crippen LogP contribution in [0.15, 0.2) is 48.5 Å². The zero-order chi connectivity index (χ0) is 14.8. The molecule has 106 valence electrons. The third-order valence-electron chi connectivity index (χ3n) is 3.38. The fourth-order valence-corrected chi connectivity index (χ4v) is 2.58. The summed E-state index contributed by atoms with van der Waals surface area (Å²) in [6.45, 7) is 2.05. The second-order valence-corrected chi connectivity index (χ2v) is 5.06. The lowest BCUT2D eigenvalue weighted by molar-refractivity contribution is 0.416. The van der Waals surface area contributed by atoms with Crippen molar-refractivity contribution >= 4 is 12.2 Å². The Balaban J connectivity index is 2.28. The Morgan fingerprint density at radius 3 is 2.57 bits per heavy atom. The molecule has 1 N–H and O–H groups in total. The van der Waals surface area contributed by atoms with Crippen molar-refractivity contribution in [3.8, 4) is 22.8 Å². The molecule has 0 spiro atoms. The van der Waals surface area contributed by atoms with E-state index in [1.165, 1.54) is 0 Å². The molecule has 1 aromatic heterocycles. The summed E-state index contributed by atoms with van der Waals surface area (Å²) in [5.41, 5.74) is 3.04. The van der Waals surface area contributed by atoms with Gasteiger partial charge in [0.25, 0.3) is 0 Å². The van der Waals surface area contributed by atoms with E-state index in [0.717, 1.165) is 28.4 Å². The number of nitrogens with zero attached hydrogens (tertiary/aromatic N) is 2. The zero-order valence-corrected chi connectivity index (χ0v) is 12.6. The smallest absolute Gasteiger partial charge is 0.200 e. The molecule has 2 aromatic carbocycles. The van der Waals surface area contributed by atoms with Crippen LogP contribution in [0, 0.1) is 11.7 Å². The molecule has 0 fully saturated rings. The first-order valence-corrected chi connectivity index (χ1v) is 7.00. The van der Waals surface area contributed by atoms with Gasteiger partial charge in [-0.05, 0) is 42.9 Å². The van der Waals surface area contributed by atoms with Crippen LogP contribution in [0.2, 0.25) is 0 Å². The maximum Gasteiger partial charge on any atom is 0.200 e. The number of methoxy groups -OCH3 is 1. The van der Waals surface area contributed by atoms with Crippen molar-refractivity contribution in [3.63, 3.8) is 0 Å². The minimum Gasteiger partial charge on any atom is -0.496 e. The van der Waals surface area contributed by atoms with Crippen molar-refractivity contribution in [2.45, 2.75) is 6.92 Å². The highest BCUT2D eigenvalue weighted by molar-refractivity contribution is 7.71. The molecular weight excluding hydrogens is 282 g/mol. The standard InChI is InChI=1S/C16H15N3OS/c1-11-7-3-5-9-13(11)19-15(17-18-16(19)21)12-8-4-6-10-14(12)20-2/h3-10H,1-2H3,(H,18,21). The predicted octanol–water partition coefficient (Wildman–Crippen LogP) is 3.91. The van der Waals surface area contributed by atoms with E-state index in [0.29, 0.717) is 4.77 Å². The lowest BCUT2D eigenvalue weighted by Crippen LogP contribution is -2.01. The number of aromatic nitrogens is 3. The van der Waals surface area contributed by atoms with Gasteiger partial charge in [0.1, 0.15) is 5.75 Å². The molecule has 5 heteroatoms. The van der Waals surface area contributed by atoms with Gasteiger partial charge in [0.05, 0.1) is 18.4 Å². The maximum absolute atomic E-state index is 5.43. The predicted molar refractivity (Wildman–Crippen MR) is 85.5 cm³/mol. The van der Waals surface area contributed by atoms with E-state index in [-0.39, 0.29) is 0 Å². The van der Waals surface area contributed by atoms with Crippen molar-refractivity contribution in [2.24, 2.45) is 0 Å². The molecular formula is C16H15N3OS. The topological polar surface area (TPSA) is 42.8 Å². The molecule has 0 amide bonds. The highest BCUT2D eigenvalue weighted by atomic mass is 32.1. The van der Waals surface area contributed by atoms with E-state index < -0.39 is 0 Å². The fraction of sp³-hybridized carbons (Fsp3) is 0.125. The summed E-state index contributed by atoms with van der Waals surface area (Å²) in [4.78, 5) is 0. The van der Waals surface area contributed by atoms with Gasteiger partial charge in [-0.25, -0.2) is 0 Å². The first-order valence-electron chi connectivity index (χ1n) is 6.59. The third-order valence-corrected chi connectivity index (χ3v) is 3.65. The second-order valence-electron chi connectivity index (χ2n) is 4.67. The number of nitrogens with one attached hydrogen (secondary N) is 1. The van der Waals surface area contributed by atoms with Gasteiger partial charge < -0.3 is 4.74 Å². The molecule has 0 atom stereocenters. The third kappa shape index (κ3) is 2.36. The molecule has 0 radical (unpaired) electrons. The molecule has 4 nitrogen and oxygen atoms in total. The van der Waals surface area contributed by atoms with Crippen LogP contribution in [0.5, 0.6) is 5.75 Å². The molecule has 0 aliphatic heterocycles. The zero-order valence-electron chi connectivity index (χ0n) is 11.8. The average Bonchev–Trinajstić information content (AvgIpc) is 2.89. The van der Waals surface area contributed by atoms with Crippen molar-refractivity contribution in [3.05, 3.63) is 58.9 Å². The van der Waals surface area contributed by atoms with Gasteiger partial charge in [0.15, 0.2) is 10.6 Å². The molecule has 0 unspecified atom stereocenters. The summed E-state index contributed by atoms with van der Waals surface area (Å²) in [6, 6.07) is 15.8. The van der Waals surface area contributed by atoms with Crippen LogP contribution in [0.1, 0.15) is 5.56 Å². The Morgan fingerprint density at radius 1 is 1.10 bits per heavy atom. The number of benzene rings is 2. The van der Waals surface area contributed by atoms with E-state index in [1.54, 1.807) is 7.11 Å². The van der Waals surface area contributed by atoms with Crippen molar-refractivity contribution in [1.82, 2.24) is 14.8 Å². The van der Waals surface area contributed by atoms with Crippen molar-refractivity contribution < 1.29 is 4.74 Å². The summed E-state index contributed by atoms with van der Waals surface area (Å²) in [7, 11) is 1.65. The summed E-state index contributed by atoms with van der Waals surface area (Å²) in [5.74, 6) is 1.51. The molecule has 0 aliphatic carbocycles. The average molecular weight is 297 g/mol. The van der Waals surface area contributed by atoms with E-state index in [4.69, 9.17) is 17.0 Å². The summed E-state index contributed by atoms with van der Waals surface area (Å²) >= 11 is 5.40. The van der Waals surface area contributed by atoms with Crippen LogP contribution in [0.3, 0.4) is 0 Å². The van der Waals surface area contributed by atoms with Crippen LogP contribution in [-0.2, 0) is 0 Å². The Kier molecular flexibility index (Phi) is 3.58. The minimum atomic E-state index is 0.560. The number of aromatic amines is 1. The van der Waals surface area contributed by atoms with E-state index in [1.807, 2.05) is 47.0 Å². The quantitative estimate of drug-likeness (QED) is 0.745. The van der Waals surface area contributed by atoms with Gasteiger partial charge in [0.2, 0.25) is 0 Å². The van der Waals surface area contributed by atoms with E-state index >= 15 is 0 Å². The van der Waals surface area contributed by atoms with Crippen LogP contribution in [0.25, 0.3) is 17.1 Å². The normalized spacial score (nSPS) is 10.6. The van der Waals surface area contributed by atoms with Crippen LogP contribution < -0.4 is 4.74 Å². The van der Waals surface area contributed by atoms with Crippen LogP contribution >= 0.6 is 12.2 Å². The molecule has 3 aromatic rings. The Labute approximate surface area is 128 Å². The number of para-hydroxylation sites is 2. The number of hydrogen-bond acceptors (Lipinski definition) is 3. The number of aryl methyl sites for hydroxylation is 1. The van der Waals surface area contributed by atoms with Crippen molar-refractivity contribution in [1.29, 1.82) is 0 Å². The van der Waals surface area contributed by atoms with Crippen LogP contribution in [0.4, 0.5) is 0 Å². The van der Waals surface area contributed by atoms with Gasteiger partial charge in [0, 0.05) is 0 Å². The monoisotopic (exact) mass is 297 g/mol. The van der Waals surface area contributed by atoms with Gasteiger partial charge in [-0.15, -0.1) is 0 Å². The summed E-state index contributed by atoms with van der Waals surface area (Å²) in [5, 5.41) is 7.25. The van der Waals surface area contributed by atoms with Crippen molar-refractivity contribution in [2.75, 3.05) is 7.11 Å². The second kappa shape index (κ2) is 5.54. The van der Waals surface area contributed by atoms with Gasteiger partial charge in [-0.2, -0.15) is 5.10 Å². The number of rotatable bonds is 3. The molecule has 0 aliphatic rings. The lowest BCUT2D eigenvalue weighted by atomic mass is 10.1. The maximum atomic E-state index is 5.43. The SMILES string of the molecule is COc1ccccc1-c1n[nH]c(=S)n1-c1ccccc1C. The molecule has 0 bridgehead atoms. The summed E-state index contributed by atoms with van der Waals surface area (Å²) in [6.07, 6.45) is 0. The van der Waals surface area contributed by atoms with Gasteiger partial charge in [-0.3, -0.25) is 9.67 Å². The molecule has 0 saturated heterocycles. The minimum absolute atomic E-state index is 0.560. The van der Waals surface area contributed by atoms with E-state index in [9.17, 15) is 0 Å². The summed E-state index contributed by atoms with van der Waals surface area (Å²) < 4.78 is 7.92. The fourth-order valence-electron chi connectivity index (χ4n) is 2.34. The van der Waals surface area contributed by atoms with Gasteiger partial charge in [-0.1, -0.05) is 30.3 Å². The first kappa shape index (κ1) is 13.6. The van der Waals surface area contributed by atoms with E-state index in [2.05, 4.69) is 23.2 Å². The van der Waals surface area contributed by atoms with Gasteiger partial charge >= 0.3 is 0 Å². The highest BCUT2D eigenvalue weighted by Crippen LogP contribution is 2.30. The Bertz CT molecular complexity index is 835. The Hall–Kier alpha value is -2.40. The van der Waals surface area contributed by atoms with Crippen LogP contribution in [-0.4, -0.2) is 21.9 Å². The Morgan fingerprint density at radius 2 is 1.81 bits per heavy atom. The number of hydrogen-bond donors (Lipinski definition) is 1. The number of ether oxygens (including phenoxy) is 1. The largest absolute Gasteiger partial charge is 0.496 e.